The minimum atomic E-state index is -3.63. The van der Waals surface area contributed by atoms with Gasteiger partial charge in [-0.05, 0) is 43.5 Å². The predicted octanol–water partition coefficient (Wildman–Crippen LogP) is 2.50. The smallest absolute Gasteiger partial charge is 0.243 e. The second-order valence-corrected chi connectivity index (χ2v) is 7.24. The molecule has 1 aliphatic carbocycles. The van der Waals surface area contributed by atoms with Crippen LogP contribution in [0.1, 0.15) is 38.7 Å². The van der Waals surface area contributed by atoms with Gasteiger partial charge in [0.05, 0.1) is 4.90 Å². The lowest BCUT2D eigenvalue weighted by molar-refractivity contribution is 0.402. The molecule has 0 aromatic heterocycles. The van der Waals surface area contributed by atoms with E-state index in [1.165, 1.54) is 10.4 Å². The predicted molar refractivity (Wildman–Crippen MR) is 81.0 cm³/mol. The number of rotatable bonds is 8. The Bertz CT molecular complexity index is 585. The molecule has 4 nitrogen and oxygen atoms in total. The van der Waals surface area contributed by atoms with Crippen LogP contribution in [-0.2, 0) is 16.6 Å². The van der Waals surface area contributed by atoms with Crippen molar-refractivity contribution < 1.29 is 12.8 Å². The van der Waals surface area contributed by atoms with Gasteiger partial charge in [-0.3, -0.25) is 0 Å². The van der Waals surface area contributed by atoms with Crippen molar-refractivity contribution in [3.8, 4) is 0 Å². The van der Waals surface area contributed by atoms with Crippen LogP contribution in [0.3, 0.4) is 0 Å². The Morgan fingerprint density at radius 3 is 2.62 bits per heavy atom. The Hall–Kier alpha value is -0.980. The Morgan fingerprint density at radius 1 is 1.33 bits per heavy atom. The fraction of sp³-hybridized carbons (Fsp3) is 0.600. The van der Waals surface area contributed by atoms with Gasteiger partial charge in [0, 0.05) is 19.1 Å². The van der Waals surface area contributed by atoms with E-state index in [2.05, 4.69) is 5.32 Å². The number of nitrogens with one attached hydrogen (secondary N) is 1. The highest BCUT2D eigenvalue weighted by molar-refractivity contribution is 7.89. The molecule has 0 heterocycles. The van der Waals surface area contributed by atoms with Gasteiger partial charge in [0.25, 0.3) is 0 Å². The van der Waals surface area contributed by atoms with Crippen LogP contribution >= 0.6 is 0 Å². The maximum absolute atomic E-state index is 13.6. The fourth-order valence-corrected chi connectivity index (χ4v) is 4.39. The van der Waals surface area contributed by atoms with Crippen LogP contribution in [0.2, 0.25) is 0 Å². The van der Waals surface area contributed by atoms with E-state index in [0.29, 0.717) is 18.7 Å². The van der Waals surface area contributed by atoms with Crippen molar-refractivity contribution in [2.24, 2.45) is 0 Å². The van der Waals surface area contributed by atoms with Gasteiger partial charge in [-0.2, -0.15) is 4.31 Å². The van der Waals surface area contributed by atoms with Crippen molar-refractivity contribution in [2.75, 3.05) is 13.1 Å². The van der Waals surface area contributed by atoms with Gasteiger partial charge in [-0.25, -0.2) is 12.8 Å². The number of halogens is 1. The molecule has 21 heavy (non-hydrogen) atoms. The minimum Gasteiger partial charge on any atom is -0.313 e. The SMILES string of the molecule is CCCN(C1CC1)S(=O)(=O)c1cc(F)ccc1CNCC. The van der Waals surface area contributed by atoms with E-state index in [9.17, 15) is 12.8 Å². The quantitative estimate of drug-likeness (QED) is 0.802. The minimum absolute atomic E-state index is 0.0881. The van der Waals surface area contributed by atoms with E-state index in [0.717, 1.165) is 31.9 Å². The first-order valence-corrected chi connectivity index (χ1v) is 8.95. The third-order valence-corrected chi connectivity index (χ3v) is 5.61. The molecule has 0 bridgehead atoms. The van der Waals surface area contributed by atoms with Crippen LogP contribution < -0.4 is 5.32 Å². The largest absolute Gasteiger partial charge is 0.313 e. The van der Waals surface area contributed by atoms with E-state index in [4.69, 9.17) is 0 Å². The van der Waals surface area contributed by atoms with Crippen molar-refractivity contribution in [2.45, 2.75) is 50.6 Å². The van der Waals surface area contributed by atoms with E-state index in [1.807, 2.05) is 13.8 Å². The maximum atomic E-state index is 13.6. The Balaban J connectivity index is 2.39. The highest BCUT2D eigenvalue weighted by Gasteiger charge is 2.38. The molecule has 0 spiro atoms. The van der Waals surface area contributed by atoms with E-state index in [1.54, 1.807) is 6.07 Å². The van der Waals surface area contributed by atoms with E-state index < -0.39 is 15.8 Å². The number of nitrogens with zero attached hydrogens (tertiary/aromatic N) is 1. The molecule has 1 aromatic carbocycles. The van der Waals surface area contributed by atoms with E-state index in [-0.39, 0.29) is 10.9 Å². The van der Waals surface area contributed by atoms with Crippen LogP contribution in [-0.4, -0.2) is 31.9 Å². The van der Waals surface area contributed by atoms with Gasteiger partial charge < -0.3 is 5.32 Å². The molecule has 0 radical (unpaired) electrons. The van der Waals surface area contributed by atoms with Crippen LogP contribution in [0, 0.1) is 5.82 Å². The van der Waals surface area contributed by atoms with Gasteiger partial charge >= 0.3 is 0 Å². The fourth-order valence-electron chi connectivity index (χ4n) is 2.38. The summed E-state index contributed by atoms with van der Waals surface area (Å²) in [4.78, 5) is 0.101. The monoisotopic (exact) mass is 314 g/mol. The van der Waals surface area contributed by atoms with Crippen molar-refractivity contribution in [3.63, 3.8) is 0 Å². The lowest BCUT2D eigenvalue weighted by atomic mass is 10.2. The molecule has 1 aromatic rings. The summed E-state index contributed by atoms with van der Waals surface area (Å²) in [5.41, 5.74) is 0.625. The van der Waals surface area contributed by atoms with Crippen LogP contribution in [0.25, 0.3) is 0 Å². The molecule has 118 valence electrons. The number of hydrogen-bond donors (Lipinski definition) is 1. The Labute approximate surface area is 126 Å². The first-order chi connectivity index (χ1) is 10.0. The molecule has 0 aliphatic heterocycles. The zero-order chi connectivity index (χ0) is 15.5. The van der Waals surface area contributed by atoms with E-state index >= 15 is 0 Å². The number of benzene rings is 1. The molecular weight excluding hydrogens is 291 g/mol. The summed E-state index contributed by atoms with van der Waals surface area (Å²) in [5.74, 6) is -0.513. The Morgan fingerprint density at radius 2 is 2.05 bits per heavy atom. The summed E-state index contributed by atoms with van der Waals surface area (Å²) in [6.07, 6.45) is 2.56. The van der Waals surface area contributed by atoms with Gasteiger partial charge in [-0.1, -0.05) is 19.9 Å². The third kappa shape index (κ3) is 3.81. The van der Waals surface area contributed by atoms with Crippen LogP contribution in [0.15, 0.2) is 23.1 Å². The molecule has 0 atom stereocenters. The summed E-state index contributed by atoms with van der Waals surface area (Å²) >= 11 is 0. The molecule has 1 fully saturated rings. The highest BCUT2D eigenvalue weighted by Crippen LogP contribution is 2.33. The summed E-state index contributed by atoms with van der Waals surface area (Å²) in [6.45, 7) is 5.56. The lowest BCUT2D eigenvalue weighted by Gasteiger charge is -2.23. The van der Waals surface area contributed by atoms with Crippen molar-refractivity contribution in [1.29, 1.82) is 0 Å². The molecule has 0 saturated heterocycles. The first-order valence-electron chi connectivity index (χ1n) is 7.51. The zero-order valence-corrected chi connectivity index (χ0v) is 13.4. The molecular formula is C15H23FN2O2S. The first kappa shape index (κ1) is 16.4. The normalized spacial score (nSPS) is 15.6. The van der Waals surface area contributed by atoms with Gasteiger partial charge in [-0.15, -0.1) is 0 Å². The number of hydrogen-bond acceptors (Lipinski definition) is 3. The Kier molecular flexibility index (Phi) is 5.35. The molecule has 1 aliphatic rings. The van der Waals surface area contributed by atoms with Crippen LogP contribution in [0.4, 0.5) is 4.39 Å². The summed E-state index contributed by atoms with van der Waals surface area (Å²) in [6, 6.07) is 4.10. The molecule has 0 amide bonds. The maximum Gasteiger partial charge on any atom is 0.243 e. The molecule has 6 heteroatoms. The highest BCUT2D eigenvalue weighted by atomic mass is 32.2. The average Bonchev–Trinajstić information content (AvgIpc) is 3.27. The van der Waals surface area contributed by atoms with Gasteiger partial charge in [0.1, 0.15) is 5.82 Å². The van der Waals surface area contributed by atoms with Crippen molar-refractivity contribution in [1.82, 2.24) is 9.62 Å². The molecule has 1 saturated carbocycles. The second-order valence-electron chi connectivity index (χ2n) is 5.38. The second kappa shape index (κ2) is 6.85. The topological polar surface area (TPSA) is 49.4 Å². The number of sulfonamides is 1. The lowest BCUT2D eigenvalue weighted by Crippen LogP contribution is -2.34. The molecule has 1 N–H and O–H groups in total. The summed E-state index contributed by atoms with van der Waals surface area (Å²) in [5, 5.41) is 3.11. The zero-order valence-electron chi connectivity index (χ0n) is 12.6. The summed E-state index contributed by atoms with van der Waals surface area (Å²) < 4.78 is 40.8. The standard InChI is InChI=1S/C15H23FN2O2S/c1-3-9-18(14-7-8-14)21(19,20)15-10-13(16)6-5-12(15)11-17-4-2/h5-6,10,14,17H,3-4,7-9,11H2,1-2H3. The summed E-state index contributed by atoms with van der Waals surface area (Å²) in [7, 11) is -3.63. The van der Waals surface area contributed by atoms with Crippen molar-refractivity contribution in [3.05, 3.63) is 29.6 Å². The van der Waals surface area contributed by atoms with Gasteiger partial charge in [0.2, 0.25) is 10.0 Å². The third-order valence-electron chi connectivity index (χ3n) is 3.58. The average molecular weight is 314 g/mol. The molecule has 2 rings (SSSR count). The molecule has 0 unspecified atom stereocenters. The van der Waals surface area contributed by atoms with Crippen molar-refractivity contribution >= 4 is 10.0 Å². The van der Waals surface area contributed by atoms with Gasteiger partial charge in [0.15, 0.2) is 0 Å². The van der Waals surface area contributed by atoms with Crippen LogP contribution in [0.5, 0.6) is 0 Å².